The maximum absolute atomic E-state index is 11.3. The fraction of sp³-hybridized carbons (Fsp3) is 0.625. The van der Waals surface area contributed by atoms with Gasteiger partial charge < -0.3 is 10.6 Å². The molecule has 1 saturated carbocycles. The zero-order valence-corrected chi connectivity index (χ0v) is 12.3. The van der Waals surface area contributed by atoms with Crippen LogP contribution >= 0.6 is 0 Å². The van der Waals surface area contributed by atoms with Crippen molar-refractivity contribution in [3.05, 3.63) is 22.6 Å². The molecule has 0 radical (unpaired) electrons. The van der Waals surface area contributed by atoms with Crippen molar-refractivity contribution >= 4 is 17.1 Å². The van der Waals surface area contributed by atoms with Crippen molar-refractivity contribution in [2.45, 2.75) is 58.0 Å². The average Bonchev–Trinajstić information content (AvgIpc) is 2.76. The molecule has 1 fully saturated rings. The van der Waals surface area contributed by atoms with E-state index < -0.39 is 0 Å². The van der Waals surface area contributed by atoms with E-state index in [1.54, 1.807) is 0 Å². The summed E-state index contributed by atoms with van der Waals surface area (Å²) in [4.78, 5) is 11.3. The van der Waals surface area contributed by atoms with Gasteiger partial charge in [0.15, 0.2) is 0 Å². The second kappa shape index (κ2) is 5.08. The first-order valence-corrected chi connectivity index (χ1v) is 7.69. The van der Waals surface area contributed by atoms with Crippen molar-refractivity contribution < 1.29 is 0 Å². The van der Waals surface area contributed by atoms with Gasteiger partial charge in [0, 0.05) is 0 Å². The van der Waals surface area contributed by atoms with Gasteiger partial charge in [-0.25, -0.2) is 0 Å². The lowest BCUT2D eigenvalue weighted by Crippen LogP contribution is -2.43. The molecule has 1 aliphatic carbocycles. The van der Waals surface area contributed by atoms with Crippen molar-refractivity contribution in [1.82, 2.24) is 0 Å². The maximum atomic E-state index is 11.3. The molecule has 1 aromatic carbocycles. The van der Waals surface area contributed by atoms with E-state index in [0.717, 1.165) is 36.2 Å². The molecule has 2 N–H and O–H groups in total. The highest BCUT2D eigenvalue weighted by Gasteiger charge is 2.38. The number of hydrogen-bond donors (Lipinski definition) is 2. The first kappa shape index (κ1) is 13.4. The Hall–Kier alpha value is -1.58. The normalized spacial score (nSPS) is 19.6. The third-order valence-corrected chi connectivity index (χ3v) is 4.43. The van der Waals surface area contributed by atoms with Crippen LogP contribution in [0.2, 0.25) is 0 Å². The summed E-state index contributed by atoms with van der Waals surface area (Å²) in [7, 11) is 0. The van der Waals surface area contributed by atoms with E-state index in [0.29, 0.717) is 11.6 Å². The summed E-state index contributed by atoms with van der Waals surface area (Å²) < 4.78 is 0. The van der Waals surface area contributed by atoms with Gasteiger partial charge in [-0.1, -0.05) is 26.3 Å². The highest BCUT2D eigenvalue weighted by molar-refractivity contribution is 5.87. The summed E-state index contributed by atoms with van der Waals surface area (Å²) >= 11 is 0. The molecule has 0 amide bonds. The quantitative estimate of drug-likeness (QED) is 0.779. The molecule has 2 aliphatic rings. The lowest BCUT2D eigenvalue weighted by molar-refractivity contribution is 0.367. The molecular weight excluding hydrogens is 250 g/mol. The largest absolute Gasteiger partial charge is 0.361 e. The Bertz CT molecular complexity index is 519. The molecule has 1 aromatic rings. The minimum atomic E-state index is -0.0452. The Morgan fingerprint density at radius 2 is 1.95 bits per heavy atom. The van der Waals surface area contributed by atoms with Crippen molar-refractivity contribution in [3.63, 3.8) is 0 Å². The fourth-order valence-electron chi connectivity index (χ4n) is 3.51. The predicted molar refractivity (Wildman–Crippen MR) is 83.5 cm³/mol. The third-order valence-electron chi connectivity index (χ3n) is 4.43. The summed E-state index contributed by atoms with van der Waals surface area (Å²) in [5.41, 5.74) is 3.56. The van der Waals surface area contributed by atoms with Crippen LogP contribution in [-0.2, 0) is 6.42 Å². The average molecular weight is 273 g/mol. The summed E-state index contributed by atoms with van der Waals surface area (Å²) in [6, 6.07) is 4.14. The van der Waals surface area contributed by atoms with Gasteiger partial charge in [-0.15, -0.1) is 4.91 Å². The van der Waals surface area contributed by atoms with Crippen LogP contribution in [0.25, 0.3) is 0 Å². The molecular formula is C16H23N3O. The molecule has 108 valence electrons. The second-order valence-electron chi connectivity index (χ2n) is 6.58. The molecule has 4 nitrogen and oxygen atoms in total. The topological polar surface area (TPSA) is 53.5 Å². The molecule has 3 rings (SSSR count). The number of nitrogens with one attached hydrogen (secondary N) is 2. The number of rotatable bonds is 3. The number of benzene rings is 1. The van der Waals surface area contributed by atoms with E-state index >= 15 is 0 Å². The maximum Gasteiger partial charge on any atom is 0.136 e. The number of anilines is 2. The summed E-state index contributed by atoms with van der Waals surface area (Å²) in [6.07, 6.45) is 6.88. The zero-order chi connectivity index (χ0) is 14.2. The summed E-state index contributed by atoms with van der Waals surface area (Å²) in [5, 5.41) is 10.5. The van der Waals surface area contributed by atoms with Crippen LogP contribution in [0.1, 0.15) is 51.5 Å². The number of fused-ring (bicyclic) bond motifs is 1. The van der Waals surface area contributed by atoms with E-state index in [1.807, 2.05) is 6.07 Å². The smallest absolute Gasteiger partial charge is 0.136 e. The molecule has 0 bridgehead atoms. The lowest BCUT2D eigenvalue weighted by atomic mass is 9.89. The molecule has 20 heavy (non-hydrogen) atoms. The Labute approximate surface area is 120 Å². The standard InChI is InChI=1S/C16H23N3O/c1-11(2)10-12-6-7-13-15(14(12)19-20)18-16(17-13)8-4-3-5-9-16/h6-7,11,17-18H,3-5,8-10H2,1-2H3. The zero-order valence-electron chi connectivity index (χ0n) is 12.3. The van der Waals surface area contributed by atoms with E-state index in [1.165, 1.54) is 19.3 Å². The van der Waals surface area contributed by atoms with Crippen LogP contribution in [-0.4, -0.2) is 5.66 Å². The van der Waals surface area contributed by atoms with Crippen LogP contribution in [0, 0.1) is 10.8 Å². The molecule has 1 spiro atoms. The van der Waals surface area contributed by atoms with Gasteiger partial charge >= 0.3 is 0 Å². The Morgan fingerprint density at radius 1 is 1.20 bits per heavy atom. The van der Waals surface area contributed by atoms with Crippen LogP contribution in [0.3, 0.4) is 0 Å². The van der Waals surface area contributed by atoms with Crippen molar-refractivity contribution in [2.75, 3.05) is 10.6 Å². The van der Waals surface area contributed by atoms with Crippen molar-refractivity contribution in [3.8, 4) is 0 Å². The first-order chi connectivity index (χ1) is 9.63. The molecule has 0 atom stereocenters. The molecule has 1 heterocycles. The van der Waals surface area contributed by atoms with E-state index in [4.69, 9.17) is 0 Å². The molecule has 0 saturated heterocycles. The van der Waals surface area contributed by atoms with E-state index in [2.05, 4.69) is 35.7 Å². The number of nitroso groups, excluding NO2 is 1. The van der Waals surface area contributed by atoms with Crippen LogP contribution in [0.4, 0.5) is 17.1 Å². The Morgan fingerprint density at radius 3 is 2.60 bits per heavy atom. The van der Waals surface area contributed by atoms with Crippen molar-refractivity contribution in [1.29, 1.82) is 0 Å². The minimum absolute atomic E-state index is 0.0452. The summed E-state index contributed by atoms with van der Waals surface area (Å²) in [5.74, 6) is 0.520. The van der Waals surface area contributed by atoms with Crippen LogP contribution in [0.15, 0.2) is 17.3 Å². The van der Waals surface area contributed by atoms with Gasteiger partial charge in [-0.3, -0.25) is 0 Å². The highest BCUT2D eigenvalue weighted by Crippen LogP contribution is 2.47. The molecule has 0 aromatic heterocycles. The van der Waals surface area contributed by atoms with Gasteiger partial charge in [0.2, 0.25) is 0 Å². The summed E-state index contributed by atoms with van der Waals surface area (Å²) in [6.45, 7) is 4.33. The van der Waals surface area contributed by atoms with Gasteiger partial charge in [0.25, 0.3) is 0 Å². The van der Waals surface area contributed by atoms with E-state index in [9.17, 15) is 4.91 Å². The van der Waals surface area contributed by atoms with Gasteiger partial charge in [-0.2, -0.15) is 0 Å². The Kier molecular flexibility index (Phi) is 3.40. The fourth-order valence-corrected chi connectivity index (χ4v) is 3.51. The van der Waals surface area contributed by atoms with Crippen molar-refractivity contribution in [2.24, 2.45) is 11.1 Å². The molecule has 0 unspecified atom stereocenters. The SMILES string of the molecule is CC(C)Cc1ccc2c(c1N=O)NC1(CCCCC1)N2. The van der Waals surface area contributed by atoms with Gasteiger partial charge in [0.1, 0.15) is 11.4 Å². The van der Waals surface area contributed by atoms with Gasteiger partial charge in [0.05, 0.1) is 11.4 Å². The monoisotopic (exact) mass is 273 g/mol. The number of hydrogen-bond acceptors (Lipinski definition) is 4. The third kappa shape index (κ3) is 2.28. The second-order valence-corrected chi connectivity index (χ2v) is 6.58. The number of nitrogens with zero attached hydrogens (tertiary/aromatic N) is 1. The van der Waals surface area contributed by atoms with Crippen LogP contribution < -0.4 is 10.6 Å². The Balaban J connectivity index is 1.94. The van der Waals surface area contributed by atoms with Crippen LogP contribution in [0.5, 0.6) is 0 Å². The predicted octanol–water partition coefficient (Wildman–Crippen LogP) is 4.78. The van der Waals surface area contributed by atoms with E-state index in [-0.39, 0.29) is 5.66 Å². The lowest BCUT2D eigenvalue weighted by Gasteiger charge is -2.34. The molecule has 1 aliphatic heterocycles. The molecule has 4 heteroatoms. The van der Waals surface area contributed by atoms with Gasteiger partial charge in [-0.05, 0) is 54.8 Å². The highest BCUT2D eigenvalue weighted by atomic mass is 16.3. The first-order valence-electron chi connectivity index (χ1n) is 7.69. The minimum Gasteiger partial charge on any atom is -0.361 e.